The fraction of sp³-hybridized carbons (Fsp3) is 0.0556. The van der Waals surface area contributed by atoms with Crippen LogP contribution in [0.1, 0.15) is 11.1 Å². The van der Waals surface area contributed by atoms with Crippen LogP contribution in [0.5, 0.6) is 5.75 Å². The van der Waals surface area contributed by atoms with Gasteiger partial charge in [-0.1, -0.05) is 59.6 Å². The predicted octanol–water partition coefficient (Wildman–Crippen LogP) is 5.62. The summed E-state index contributed by atoms with van der Waals surface area (Å²) in [6.45, 7) is 0. The summed E-state index contributed by atoms with van der Waals surface area (Å²) in [6.07, 6.45) is 5.42. The standard InChI is InChI=1S/C18H13Cl2NO/c1-22-18-8-3-2-5-13(18)6-4-7-15(12-21)14-9-10-16(19)17(20)11-14/h2-11H,1H3. The van der Waals surface area contributed by atoms with Gasteiger partial charge in [0.15, 0.2) is 0 Å². The number of halogens is 2. The number of para-hydroxylation sites is 1. The molecule has 0 spiro atoms. The van der Waals surface area contributed by atoms with E-state index in [0.29, 0.717) is 15.6 Å². The first kappa shape index (κ1) is 16.2. The highest BCUT2D eigenvalue weighted by Gasteiger charge is 2.03. The first-order valence-corrected chi connectivity index (χ1v) is 7.28. The fourth-order valence-electron chi connectivity index (χ4n) is 1.91. The van der Waals surface area contributed by atoms with Crippen molar-refractivity contribution in [3.8, 4) is 11.8 Å². The molecule has 2 rings (SSSR count). The van der Waals surface area contributed by atoms with Gasteiger partial charge in [-0.2, -0.15) is 5.26 Å². The first-order chi connectivity index (χ1) is 10.7. The third kappa shape index (κ3) is 3.92. The van der Waals surface area contributed by atoms with Crippen LogP contribution in [0.3, 0.4) is 0 Å². The summed E-state index contributed by atoms with van der Waals surface area (Å²) in [6, 6.07) is 14.9. The van der Waals surface area contributed by atoms with Crippen LogP contribution in [-0.4, -0.2) is 7.11 Å². The summed E-state index contributed by atoms with van der Waals surface area (Å²) in [5.41, 5.74) is 2.17. The summed E-state index contributed by atoms with van der Waals surface area (Å²) >= 11 is 11.9. The highest BCUT2D eigenvalue weighted by Crippen LogP contribution is 2.26. The van der Waals surface area contributed by atoms with E-state index in [1.54, 1.807) is 37.5 Å². The molecule has 2 aromatic carbocycles. The van der Waals surface area contributed by atoms with E-state index in [0.717, 1.165) is 16.9 Å². The maximum absolute atomic E-state index is 9.28. The van der Waals surface area contributed by atoms with Crippen molar-refractivity contribution in [1.29, 1.82) is 5.26 Å². The van der Waals surface area contributed by atoms with Crippen LogP contribution in [0, 0.1) is 11.3 Å². The Morgan fingerprint density at radius 3 is 2.59 bits per heavy atom. The van der Waals surface area contributed by atoms with E-state index in [9.17, 15) is 5.26 Å². The molecule has 22 heavy (non-hydrogen) atoms. The smallest absolute Gasteiger partial charge is 0.126 e. The highest BCUT2D eigenvalue weighted by molar-refractivity contribution is 6.42. The van der Waals surface area contributed by atoms with Gasteiger partial charge in [-0.05, 0) is 29.8 Å². The second-order valence-electron chi connectivity index (χ2n) is 4.42. The monoisotopic (exact) mass is 329 g/mol. The molecule has 0 aliphatic heterocycles. The van der Waals surface area contributed by atoms with Crippen molar-refractivity contribution in [1.82, 2.24) is 0 Å². The van der Waals surface area contributed by atoms with Crippen molar-refractivity contribution >= 4 is 34.9 Å². The molecule has 0 unspecified atom stereocenters. The Kier molecular flexibility index (Phi) is 5.66. The number of hydrogen-bond acceptors (Lipinski definition) is 2. The first-order valence-electron chi connectivity index (χ1n) is 6.52. The average molecular weight is 330 g/mol. The molecular formula is C18H13Cl2NO. The van der Waals surface area contributed by atoms with Crippen molar-refractivity contribution in [3.63, 3.8) is 0 Å². The quantitative estimate of drug-likeness (QED) is 0.538. The maximum Gasteiger partial charge on any atom is 0.126 e. The molecule has 0 heterocycles. The summed E-state index contributed by atoms with van der Waals surface area (Å²) < 4.78 is 5.27. The number of allylic oxidation sites excluding steroid dienone is 3. The van der Waals surface area contributed by atoms with E-state index in [1.807, 2.05) is 30.3 Å². The van der Waals surface area contributed by atoms with E-state index in [-0.39, 0.29) is 0 Å². The molecule has 0 aliphatic carbocycles. The third-order valence-corrected chi connectivity index (χ3v) is 3.77. The molecule has 4 heteroatoms. The van der Waals surface area contributed by atoms with Crippen LogP contribution in [0.2, 0.25) is 10.0 Å². The lowest BCUT2D eigenvalue weighted by atomic mass is 10.1. The van der Waals surface area contributed by atoms with Crippen LogP contribution >= 0.6 is 23.2 Å². The minimum absolute atomic E-state index is 0.425. The van der Waals surface area contributed by atoms with Crippen molar-refractivity contribution in [2.45, 2.75) is 0 Å². The molecule has 0 saturated carbocycles. The SMILES string of the molecule is COc1ccccc1C=CC=C(C#N)c1ccc(Cl)c(Cl)c1. The van der Waals surface area contributed by atoms with Gasteiger partial charge in [-0.3, -0.25) is 0 Å². The fourth-order valence-corrected chi connectivity index (χ4v) is 2.21. The number of methoxy groups -OCH3 is 1. The van der Waals surface area contributed by atoms with Crippen molar-refractivity contribution in [2.24, 2.45) is 0 Å². The molecule has 0 radical (unpaired) electrons. The number of benzene rings is 2. The summed E-state index contributed by atoms with van der Waals surface area (Å²) in [5, 5.41) is 10.2. The van der Waals surface area contributed by atoms with Crippen molar-refractivity contribution in [3.05, 3.63) is 75.8 Å². The lowest BCUT2D eigenvalue weighted by Crippen LogP contribution is -1.85. The Morgan fingerprint density at radius 2 is 1.91 bits per heavy atom. The van der Waals surface area contributed by atoms with Gasteiger partial charge in [0.25, 0.3) is 0 Å². The molecule has 110 valence electrons. The Labute approximate surface area is 139 Å². The normalized spacial score (nSPS) is 11.5. The second kappa shape index (κ2) is 7.70. The molecule has 0 saturated heterocycles. The maximum atomic E-state index is 9.28. The summed E-state index contributed by atoms with van der Waals surface area (Å²) in [5.74, 6) is 0.778. The van der Waals surface area contributed by atoms with E-state index >= 15 is 0 Å². The molecule has 0 aliphatic rings. The van der Waals surface area contributed by atoms with Gasteiger partial charge in [-0.25, -0.2) is 0 Å². The lowest BCUT2D eigenvalue weighted by molar-refractivity contribution is 0.414. The zero-order chi connectivity index (χ0) is 15.9. The Morgan fingerprint density at radius 1 is 1.14 bits per heavy atom. The largest absolute Gasteiger partial charge is 0.496 e. The Bertz CT molecular complexity index is 773. The number of hydrogen-bond donors (Lipinski definition) is 0. The van der Waals surface area contributed by atoms with Gasteiger partial charge in [0.05, 0.1) is 28.8 Å². The number of rotatable bonds is 4. The number of ether oxygens (including phenoxy) is 1. The molecular weight excluding hydrogens is 317 g/mol. The molecule has 0 atom stereocenters. The average Bonchev–Trinajstić information content (AvgIpc) is 2.55. The van der Waals surface area contributed by atoms with Crippen molar-refractivity contribution < 1.29 is 4.74 Å². The molecule has 0 aromatic heterocycles. The van der Waals surface area contributed by atoms with Gasteiger partial charge >= 0.3 is 0 Å². The minimum atomic E-state index is 0.425. The Hall–Kier alpha value is -2.21. The van der Waals surface area contributed by atoms with Crippen LogP contribution in [0.25, 0.3) is 11.6 Å². The van der Waals surface area contributed by atoms with Crippen LogP contribution in [0.4, 0.5) is 0 Å². The summed E-state index contributed by atoms with van der Waals surface area (Å²) in [4.78, 5) is 0. The molecule has 0 amide bonds. The van der Waals surface area contributed by atoms with Crippen LogP contribution in [0.15, 0.2) is 54.6 Å². The van der Waals surface area contributed by atoms with Gasteiger partial charge in [0.1, 0.15) is 5.75 Å². The zero-order valence-corrected chi connectivity index (χ0v) is 13.4. The van der Waals surface area contributed by atoms with Gasteiger partial charge < -0.3 is 4.74 Å². The topological polar surface area (TPSA) is 33.0 Å². The van der Waals surface area contributed by atoms with Gasteiger partial charge in [0.2, 0.25) is 0 Å². The Balaban J connectivity index is 2.28. The third-order valence-electron chi connectivity index (χ3n) is 3.03. The van der Waals surface area contributed by atoms with Crippen LogP contribution in [-0.2, 0) is 0 Å². The second-order valence-corrected chi connectivity index (χ2v) is 5.24. The molecule has 0 bridgehead atoms. The summed E-state index contributed by atoms with van der Waals surface area (Å²) in [7, 11) is 1.62. The molecule has 2 nitrogen and oxygen atoms in total. The zero-order valence-electron chi connectivity index (χ0n) is 11.9. The van der Waals surface area contributed by atoms with Crippen LogP contribution < -0.4 is 4.74 Å². The van der Waals surface area contributed by atoms with Crippen molar-refractivity contribution in [2.75, 3.05) is 7.11 Å². The van der Waals surface area contributed by atoms with Gasteiger partial charge in [0, 0.05) is 5.56 Å². The molecule has 2 aromatic rings. The highest BCUT2D eigenvalue weighted by atomic mass is 35.5. The molecule has 0 N–H and O–H groups in total. The lowest BCUT2D eigenvalue weighted by Gasteiger charge is -2.03. The van der Waals surface area contributed by atoms with E-state index in [4.69, 9.17) is 27.9 Å². The minimum Gasteiger partial charge on any atom is -0.496 e. The number of nitrogens with zero attached hydrogens (tertiary/aromatic N) is 1. The predicted molar refractivity (Wildman–Crippen MR) is 92.1 cm³/mol. The van der Waals surface area contributed by atoms with E-state index in [2.05, 4.69) is 6.07 Å². The van der Waals surface area contributed by atoms with E-state index in [1.165, 1.54) is 0 Å². The van der Waals surface area contributed by atoms with E-state index < -0.39 is 0 Å². The molecule has 0 fully saturated rings. The number of nitriles is 1. The van der Waals surface area contributed by atoms with Gasteiger partial charge in [-0.15, -0.1) is 0 Å².